The molecule has 52 nitrogen and oxygen atoms in total. The fourth-order valence-electron chi connectivity index (χ4n) is 15.3. The monoisotopic (exact) mass is 2010 g/mol. The standard InChI is InChI=1S/C90H125N29O23S/c91-29-9-8-19-56(75(128)105-43-74(127)108-67(45-143)88(141)142)109-80(133)60(33-46-13-2-1-3-14-46)112-78(131)58(21-11-31-102-90(99)100)110-79(132)59(27-28-69(93)122)111-83(136)64(38-71(95)124)116-81(134)61(34-47-23-25-50(121)26-24-47)113-82(135)63(36-49-41-104-55-18-7-5-16-52(49)55)115-85(138)66(44-120)118-77(130)57(20-10-30-101-89(97)98)107-73(126)42-106-76(129)62(35-48-40-103-54-17-6-4-15-51(48)54)114-84(137)65(39-72(96)125)117-86(139)68-22-12-32-119(68)87(140)53(92)37-70(94)123/h1-7,13-18,23-26,40-41,53,56-68,103-104,120-121,143H,8-12,19-22,27-39,42-45,91-92H2,(H2,93,122)(H2,94,123)(H2,95,124)(H2,96,125)(H,105,128)(H,106,129)(H,107,126)(H,108,127)(H,109,133)(H,110,132)(H,111,136)(H,112,131)(H,113,135)(H,114,137)(H,115,138)(H,116,134)(H,117,139)(H,118,130)(H,141,142)(H4,97,98,101)(H4,99,100,102)/t53-,56-,57-,58-,59-,60-,61-,62-,63-,64-,65-,66-,67-,68-/m0/s1. The number of hydrogen-bond acceptors (Lipinski definition) is 27. The average Bonchev–Trinajstić information content (AvgIpc) is 1.69. The Labute approximate surface area is 823 Å². The number of guanidine groups is 2. The predicted molar refractivity (Wildman–Crippen MR) is 518 cm³/mol. The summed E-state index contributed by atoms with van der Waals surface area (Å²) >= 11 is 3.93. The number of unbranched alkanes of at least 4 members (excludes halogenated alkanes) is 1. The first-order valence-electron chi connectivity index (χ1n) is 45.6. The molecule has 3 heterocycles. The fourth-order valence-corrected chi connectivity index (χ4v) is 15.6. The summed E-state index contributed by atoms with van der Waals surface area (Å²) in [6.45, 7) is -2.88. The van der Waals surface area contributed by atoms with E-state index in [1.807, 2.05) is 0 Å². The highest BCUT2D eigenvalue weighted by molar-refractivity contribution is 7.80. The highest BCUT2D eigenvalue weighted by Gasteiger charge is 2.42. The van der Waals surface area contributed by atoms with Crippen molar-refractivity contribution in [1.82, 2.24) is 99.9 Å². The number of carboxylic acid groups (broad SMARTS) is 1. The Kier molecular flexibility index (Phi) is 45.8. The smallest absolute Gasteiger partial charge is 0.327 e. The first-order chi connectivity index (χ1) is 68.0. The van der Waals surface area contributed by atoms with Gasteiger partial charge >= 0.3 is 5.97 Å². The Hall–Kier alpha value is -16.1. The molecular weight excluding hydrogens is 1890 g/mol. The highest BCUT2D eigenvalue weighted by atomic mass is 32.1. The maximum Gasteiger partial charge on any atom is 0.327 e. The first kappa shape index (κ1) is 114. The van der Waals surface area contributed by atoms with Gasteiger partial charge in [-0.05, 0) is 117 Å². The summed E-state index contributed by atoms with van der Waals surface area (Å²) in [6.07, 6.45) is -2.10. The topological polar surface area (TPSA) is 885 Å². The van der Waals surface area contributed by atoms with Crippen molar-refractivity contribution in [3.05, 3.63) is 138 Å². The Morgan fingerprint density at radius 2 is 0.790 bits per heavy atom. The Morgan fingerprint density at radius 1 is 0.413 bits per heavy atom. The van der Waals surface area contributed by atoms with E-state index in [9.17, 15) is 102 Å². The second-order valence-electron chi connectivity index (χ2n) is 33.7. The van der Waals surface area contributed by atoms with E-state index in [2.05, 4.69) is 108 Å². The van der Waals surface area contributed by atoms with Crippen molar-refractivity contribution >= 4 is 165 Å². The van der Waals surface area contributed by atoms with Crippen LogP contribution in [-0.4, -0.2) is 297 Å². The van der Waals surface area contributed by atoms with E-state index in [4.69, 9.17) is 56.7 Å². The van der Waals surface area contributed by atoms with Crippen LogP contribution in [0, 0.1) is 10.8 Å². The number of carboxylic acids is 1. The van der Waals surface area contributed by atoms with Crippen LogP contribution in [0.1, 0.15) is 112 Å². The lowest BCUT2D eigenvalue weighted by atomic mass is 10.0. The number of thiol groups is 1. The van der Waals surface area contributed by atoms with Crippen LogP contribution in [0.5, 0.6) is 5.75 Å². The van der Waals surface area contributed by atoms with Gasteiger partial charge in [0, 0.05) is 91.7 Å². The second-order valence-corrected chi connectivity index (χ2v) is 34.1. The van der Waals surface area contributed by atoms with Crippen molar-refractivity contribution in [1.29, 1.82) is 10.8 Å². The molecule has 774 valence electrons. The van der Waals surface area contributed by atoms with Gasteiger partial charge < -0.3 is 161 Å². The molecule has 6 aromatic rings. The molecular formula is C90H125N29O23S. The fraction of sp³-hybridized carbons (Fsp3) is 0.444. The molecule has 1 aliphatic rings. The van der Waals surface area contributed by atoms with Crippen molar-refractivity contribution < 1.29 is 111 Å². The molecule has 0 unspecified atom stereocenters. The van der Waals surface area contributed by atoms with E-state index in [0.29, 0.717) is 51.3 Å². The number of aliphatic hydroxyl groups is 1. The average molecular weight is 2010 g/mol. The molecule has 19 amide bonds. The minimum Gasteiger partial charge on any atom is -0.508 e. The molecule has 0 spiro atoms. The van der Waals surface area contributed by atoms with Crippen molar-refractivity contribution in [2.45, 2.75) is 200 Å². The number of para-hydroxylation sites is 2. The molecule has 2 aromatic heterocycles. The van der Waals surface area contributed by atoms with Crippen LogP contribution in [0.3, 0.4) is 0 Å². The van der Waals surface area contributed by atoms with Crippen LogP contribution in [0.2, 0.25) is 0 Å². The van der Waals surface area contributed by atoms with Gasteiger partial charge in [0.1, 0.15) is 84.3 Å². The summed E-state index contributed by atoms with van der Waals surface area (Å²) in [6, 6.07) is 3.24. The van der Waals surface area contributed by atoms with Gasteiger partial charge in [0.25, 0.3) is 0 Å². The SMILES string of the molecule is N=C(N)NCCC[C@H](NC(=O)CNC(=O)[C@H](Cc1c[nH]c2ccccc12)NC(=O)[C@H](CC(N)=O)NC(=O)[C@@H]1CCCN1C(=O)[C@@H](N)CC(N)=O)C(=O)N[C@@H](CO)C(=O)N[C@@H](Cc1c[nH]c2ccccc12)C(=O)N[C@@H](Cc1ccc(O)cc1)C(=O)N[C@@H](CC(N)=O)C(=O)N[C@@H](CCC(N)=O)C(=O)N[C@@H](CCCNC(=N)N)C(=O)N[C@@H](Cc1ccccc1)C(=O)N[C@@H](CCCCN)C(=O)NCC(=O)N[C@@H](CS)C(=O)O. The molecule has 14 atom stereocenters. The molecule has 7 rings (SSSR count). The number of fused-ring (bicyclic) bond motifs is 2. The van der Waals surface area contributed by atoms with Gasteiger partial charge in [0.2, 0.25) is 112 Å². The molecule has 1 saturated heterocycles. The molecule has 0 saturated carbocycles. The number of aliphatic carboxylic acids is 1. The molecule has 143 heavy (non-hydrogen) atoms. The lowest BCUT2D eigenvalue weighted by Crippen LogP contribution is -2.61. The number of benzene rings is 4. The van der Waals surface area contributed by atoms with Gasteiger partial charge in [-0.2, -0.15) is 12.6 Å². The third kappa shape index (κ3) is 37.9. The molecule has 4 aromatic carbocycles. The van der Waals surface area contributed by atoms with E-state index in [0.717, 1.165) is 4.90 Å². The molecule has 0 radical (unpaired) electrons. The lowest BCUT2D eigenvalue weighted by Gasteiger charge is -2.28. The number of primary amides is 4. The number of likely N-dealkylation sites (tertiary alicyclic amines) is 1. The number of phenolic OH excluding ortho intramolecular Hbond substituents is 1. The van der Waals surface area contributed by atoms with Gasteiger partial charge in [-0.3, -0.25) is 102 Å². The third-order valence-corrected chi connectivity index (χ3v) is 23.0. The van der Waals surface area contributed by atoms with Gasteiger partial charge in [0.05, 0.1) is 45.0 Å². The quantitative estimate of drug-likeness (QED) is 0.00730. The van der Waals surface area contributed by atoms with Gasteiger partial charge in [-0.1, -0.05) is 78.9 Å². The van der Waals surface area contributed by atoms with Gasteiger partial charge in [-0.15, -0.1) is 0 Å². The zero-order valence-corrected chi connectivity index (χ0v) is 78.9. The normalized spacial score (nSPS) is 14.8. The number of nitrogens with zero attached hydrogens (tertiary/aromatic N) is 1. The van der Waals surface area contributed by atoms with Crippen molar-refractivity contribution in [2.75, 3.05) is 51.6 Å². The number of rotatable bonds is 61. The van der Waals surface area contributed by atoms with E-state index < -0.39 is 279 Å². The Bertz CT molecular complexity index is 5530. The minimum atomic E-state index is -2.10. The maximum absolute atomic E-state index is 15.3. The van der Waals surface area contributed by atoms with E-state index in [1.165, 1.54) is 36.7 Å². The Morgan fingerprint density at radius 3 is 1.24 bits per heavy atom. The number of carbonyl (C=O) groups is 20. The Balaban J connectivity index is 1.13. The van der Waals surface area contributed by atoms with Crippen LogP contribution < -0.4 is 131 Å². The molecule has 0 aliphatic carbocycles. The number of aromatic nitrogens is 2. The summed E-state index contributed by atoms with van der Waals surface area (Å²) < 4.78 is 0. The van der Waals surface area contributed by atoms with Gasteiger partial charge in [-0.25, -0.2) is 4.79 Å². The number of aromatic amines is 2. The molecule has 0 bridgehead atoms. The highest BCUT2D eigenvalue weighted by Crippen LogP contribution is 2.24. The summed E-state index contributed by atoms with van der Waals surface area (Å²) in [4.78, 5) is 285. The number of carbonyl (C=O) groups excluding carboxylic acids is 19. The van der Waals surface area contributed by atoms with Crippen molar-refractivity contribution in [3.8, 4) is 5.75 Å². The summed E-state index contributed by atoms with van der Waals surface area (Å²) in [5.74, 6) is -23.4. The number of nitrogens with one attached hydrogen (secondary N) is 20. The number of aliphatic hydroxyl groups excluding tert-OH is 1. The lowest BCUT2D eigenvalue weighted by molar-refractivity contribution is -0.141. The second kappa shape index (κ2) is 57.5. The molecule has 39 N–H and O–H groups in total. The van der Waals surface area contributed by atoms with Crippen molar-refractivity contribution in [2.24, 2.45) is 45.9 Å². The maximum atomic E-state index is 15.3. The molecule has 1 aliphatic heterocycles. The number of amides is 19. The minimum absolute atomic E-state index is 0.0277. The number of nitrogens with two attached hydrogens (primary N) is 8. The number of phenols is 1. The third-order valence-electron chi connectivity index (χ3n) is 22.7. The van der Waals surface area contributed by atoms with E-state index >= 15 is 9.59 Å². The van der Waals surface area contributed by atoms with Crippen molar-refractivity contribution in [3.63, 3.8) is 0 Å². The molecule has 53 heteroatoms. The van der Waals surface area contributed by atoms with Crippen LogP contribution in [0.4, 0.5) is 0 Å². The largest absolute Gasteiger partial charge is 0.508 e. The zero-order valence-electron chi connectivity index (χ0n) is 78.0. The number of aromatic hydroxyl groups is 1. The van der Waals surface area contributed by atoms with Crippen LogP contribution in [-0.2, 0) is 122 Å². The van der Waals surface area contributed by atoms with E-state index in [1.54, 1.807) is 78.9 Å². The summed E-state index contributed by atoms with van der Waals surface area (Å²) in [5.41, 5.74) is 47.5. The summed E-state index contributed by atoms with van der Waals surface area (Å²) in [7, 11) is 0. The predicted octanol–water partition coefficient (Wildman–Crippen LogP) is -9.45. The summed E-state index contributed by atoms with van der Waals surface area (Å²) in [5, 5.41) is 86.7. The van der Waals surface area contributed by atoms with Crippen LogP contribution in [0.25, 0.3) is 21.8 Å². The van der Waals surface area contributed by atoms with E-state index in [-0.39, 0.29) is 101 Å². The number of H-pyrrole nitrogens is 2. The number of hydrogen-bond donors (Lipinski definition) is 32. The molecule has 1 fully saturated rings. The van der Waals surface area contributed by atoms with Crippen LogP contribution in [0.15, 0.2) is 116 Å². The van der Waals surface area contributed by atoms with Crippen LogP contribution >= 0.6 is 12.6 Å². The van der Waals surface area contributed by atoms with Gasteiger partial charge in [0.15, 0.2) is 11.9 Å². The zero-order chi connectivity index (χ0) is 105. The first-order valence-corrected chi connectivity index (χ1v) is 46.3.